The Bertz CT molecular complexity index is 1140. The van der Waals surface area contributed by atoms with Crippen LogP contribution in [0.3, 0.4) is 0 Å². The van der Waals surface area contributed by atoms with E-state index in [0.29, 0.717) is 29.7 Å². The number of methoxy groups -OCH3 is 1. The fraction of sp³-hybridized carbons (Fsp3) is 0.478. The van der Waals surface area contributed by atoms with Crippen LogP contribution in [0.15, 0.2) is 36.7 Å². The third kappa shape index (κ3) is 3.73. The monoisotopic (exact) mass is 450 g/mol. The number of hydrogen-bond donors (Lipinski definition) is 1. The van der Waals surface area contributed by atoms with E-state index in [2.05, 4.69) is 20.2 Å². The molecule has 1 unspecified atom stereocenters. The number of anilines is 4. The maximum atomic E-state index is 13.8. The second kappa shape index (κ2) is 8.17. The Morgan fingerprint density at radius 1 is 1.09 bits per heavy atom. The molecule has 4 heterocycles. The normalized spacial score (nSPS) is 24.0. The highest BCUT2D eigenvalue weighted by Crippen LogP contribution is 2.40. The number of piperidine rings is 1. The molecule has 1 aliphatic carbocycles. The summed E-state index contributed by atoms with van der Waals surface area (Å²) < 4.78 is 21.0. The van der Waals surface area contributed by atoms with Gasteiger partial charge in [0.15, 0.2) is 0 Å². The van der Waals surface area contributed by atoms with Crippen molar-refractivity contribution in [2.45, 2.75) is 31.8 Å². The predicted octanol–water partition coefficient (Wildman–Crippen LogP) is 3.08. The largest absolute Gasteiger partial charge is 0.481 e. The third-order valence-electron chi connectivity index (χ3n) is 7.06. The van der Waals surface area contributed by atoms with Gasteiger partial charge >= 0.3 is 0 Å². The second-order valence-corrected chi connectivity index (χ2v) is 9.03. The van der Waals surface area contributed by atoms with Crippen molar-refractivity contribution < 1.29 is 9.13 Å². The van der Waals surface area contributed by atoms with Crippen molar-refractivity contribution in [3.8, 4) is 5.88 Å². The molecular weight excluding hydrogens is 423 g/mol. The lowest BCUT2D eigenvalue weighted by Crippen LogP contribution is -2.48. The van der Waals surface area contributed by atoms with Gasteiger partial charge in [-0.3, -0.25) is 0 Å². The summed E-state index contributed by atoms with van der Waals surface area (Å²) in [7, 11) is 1.62. The molecule has 9 nitrogen and oxygen atoms in total. The number of rotatable bonds is 5. The zero-order valence-corrected chi connectivity index (χ0v) is 18.6. The van der Waals surface area contributed by atoms with Crippen molar-refractivity contribution in [2.24, 2.45) is 11.8 Å². The molecule has 6 rings (SSSR count). The Balaban J connectivity index is 1.19. The first kappa shape index (κ1) is 20.2. The highest BCUT2D eigenvalue weighted by molar-refractivity contribution is 5.59. The Labute approximate surface area is 191 Å². The molecule has 3 aliphatic rings. The minimum Gasteiger partial charge on any atom is -0.481 e. The molecule has 2 bridgehead atoms. The van der Waals surface area contributed by atoms with Gasteiger partial charge in [-0.15, -0.1) is 5.10 Å². The van der Waals surface area contributed by atoms with Gasteiger partial charge < -0.3 is 19.9 Å². The van der Waals surface area contributed by atoms with Crippen LogP contribution in [0.5, 0.6) is 5.88 Å². The molecule has 10 heteroatoms. The zero-order chi connectivity index (χ0) is 22.4. The predicted molar refractivity (Wildman–Crippen MR) is 122 cm³/mol. The Kier molecular flexibility index (Phi) is 5.00. The molecule has 2 aromatic heterocycles. The quantitative estimate of drug-likeness (QED) is 0.635. The van der Waals surface area contributed by atoms with Gasteiger partial charge in [0.2, 0.25) is 17.8 Å². The first-order valence-electron chi connectivity index (χ1n) is 11.5. The minimum absolute atomic E-state index is 0.243. The molecule has 2 aliphatic heterocycles. The molecule has 0 spiro atoms. The number of ether oxygens (including phenoxy) is 1. The van der Waals surface area contributed by atoms with Gasteiger partial charge in [-0.2, -0.15) is 4.98 Å². The topological polar surface area (TPSA) is 84.2 Å². The van der Waals surface area contributed by atoms with E-state index in [4.69, 9.17) is 14.8 Å². The third-order valence-corrected chi connectivity index (χ3v) is 7.06. The van der Waals surface area contributed by atoms with Gasteiger partial charge in [-0.05, 0) is 49.3 Å². The van der Waals surface area contributed by atoms with E-state index in [-0.39, 0.29) is 5.82 Å². The molecule has 0 amide bonds. The summed E-state index contributed by atoms with van der Waals surface area (Å²) in [5.41, 5.74) is 0.809. The van der Waals surface area contributed by atoms with Crippen LogP contribution in [-0.2, 0) is 6.54 Å². The summed E-state index contributed by atoms with van der Waals surface area (Å²) in [4.78, 5) is 17.8. The minimum atomic E-state index is -0.243. The molecule has 172 valence electrons. The first-order chi connectivity index (χ1) is 16.2. The van der Waals surface area contributed by atoms with Gasteiger partial charge in [-0.25, -0.2) is 19.0 Å². The van der Waals surface area contributed by atoms with Crippen LogP contribution in [0.1, 0.15) is 19.3 Å². The number of aromatic nitrogens is 5. The van der Waals surface area contributed by atoms with Crippen LogP contribution in [0, 0.1) is 17.7 Å². The lowest BCUT2D eigenvalue weighted by Gasteiger charge is -2.38. The summed E-state index contributed by atoms with van der Waals surface area (Å²) in [5.74, 6) is 3.67. The molecule has 1 N–H and O–H groups in total. The summed E-state index contributed by atoms with van der Waals surface area (Å²) in [6.07, 6.45) is 4.84. The van der Waals surface area contributed by atoms with Crippen molar-refractivity contribution in [3.63, 3.8) is 0 Å². The number of halogens is 1. The number of hydrogen-bond acceptors (Lipinski definition) is 8. The molecule has 1 saturated carbocycles. The fourth-order valence-electron chi connectivity index (χ4n) is 5.52. The lowest BCUT2D eigenvalue weighted by atomic mass is 9.92. The maximum Gasteiger partial charge on any atom is 0.244 e. The second-order valence-electron chi connectivity index (χ2n) is 9.03. The van der Waals surface area contributed by atoms with Gasteiger partial charge in [0.25, 0.3) is 0 Å². The van der Waals surface area contributed by atoms with E-state index in [0.717, 1.165) is 50.1 Å². The molecule has 1 saturated heterocycles. The van der Waals surface area contributed by atoms with Crippen molar-refractivity contribution in [1.29, 1.82) is 0 Å². The van der Waals surface area contributed by atoms with Crippen molar-refractivity contribution >= 4 is 23.4 Å². The number of benzene rings is 1. The summed E-state index contributed by atoms with van der Waals surface area (Å²) >= 11 is 0. The van der Waals surface area contributed by atoms with Crippen molar-refractivity contribution in [3.05, 3.63) is 42.5 Å². The van der Waals surface area contributed by atoms with Gasteiger partial charge in [0.1, 0.15) is 18.0 Å². The molecule has 1 aromatic carbocycles. The van der Waals surface area contributed by atoms with Crippen LogP contribution >= 0.6 is 0 Å². The maximum absolute atomic E-state index is 13.8. The summed E-state index contributed by atoms with van der Waals surface area (Å²) in [5, 5.41) is 8.40. The number of fused-ring (bicyclic) bond motifs is 3. The Morgan fingerprint density at radius 2 is 1.94 bits per heavy atom. The highest BCUT2D eigenvalue weighted by Gasteiger charge is 2.43. The average molecular weight is 451 g/mol. The summed E-state index contributed by atoms with van der Waals surface area (Å²) in [6, 6.07) is 8.90. The van der Waals surface area contributed by atoms with Crippen LogP contribution in [-0.4, -0.2) is 57.5 Å². The molecule has 3 atom stereocenters. The van der Waals surface area contributed by atoms with Gasteiger partial charge in [-0.1, -0.05) is 6.07 Å². The fourth-order valence-corrected chi connectivity index (χ4v) is 5.52. The van der Waals surface area contributed by atoms with E-state index in [1.807, 2.05) is 21.7 Å². The average Bonchev–Trinajstić information content (AvgIpc) is 3.34. The van der Waals surface area contributed by atoms with E-state index >= 15 is 0 Å². The first-order valence-corrected chi connectivity index (χ1v) is 11.5. The van der Waals surface area contributed by atoms with E-state index in [1.165, 1.54) is 18.9 Å². The number of nitrogens with one attached hydrogen (secondary N) is 1. The van der Waals surface area contributed by atoms with Crippen molar-refractivity contribution in [1.82, 2.24) is 24.7 Å². The van der Waals surface area contributed by atoms with Crippen molar-refractivity contribution in [2.75, 3.05) is 41.9 Å². The van der Waals surface area contributed by atoms with E-state index in [9.17, 15) is 4.39 Å². The standard InChI is InChI=1S/C23H27FN8O/c1-33-20-11-19(25-14-26-20)30-12-15-6-7-16(13-30)21(15)27-22-28-23-31(8-3-9-32(23)29-22)18-5-2-4-17(24)10-18/h2,4-5,10-11,14-16,21H,3,6-9,12-13H2,1H3,(H,27,29)/t15-,16+,21?. The van der Waals surface area contributed by atoms with Crippen LogP contribution in [0.4, 0.5) is 27.8 Å². The molecule has 2 fully saturated rings. The molecule has 3 aromatic rings. The lowest BCUT2D eigenvalue weighted by molar-refractivity contribution is 0.372. The van der Waals surface area contributed by atoms with E-state index < -0.39 is 0 Å². The molecular formula is C23H27FN8O. The SMILES string of the molecule is COc1cc(N2C[C@H]3CC[C@@H](C2)C3Nc2nc3n(n2)CCCN3c2cccc(F)c2)ncn1. The highest BCUT2D eigenvalue weighted by atomic mass is 19.1. The number of aryl methyl sites for hydroxylation is 1. The van der Waals surface area contributed by atoms with Crippen LogP contribution in [0.25, 0.3) is 0 Å². The van der Waals surface area contributed by atoms with Crippen LogP contribution in [0.2, 0.25) is 0 Å². The Hall–Kier alpha value is -3.43. The van der Waals surface area contributed by atoms with E-state index in [1.54, 1.807) is 25.6 Å². The zero-order valence-electron chi connectivity index (χ0n) is 18.6. The molecule has 33 heavy (non-hydrogen) atoms. The van der Waals surface area contributed by atoms with Crippen LogP contribution < -0.4 is 19.9 Å². The Morgan fingerprint density at radius 3 is 2.73 bits per heavy atom. The van der Waals surface area contributed by atoms with Gasteiger partial charge in [0.05, 0.1) is 7.11 Å². The molecule has 0 radical (unpaired) electrons. The number of nitrogens with zero attached hydrogens (tertiary/aromatic N) is 7. The smallest absolute Gasteiger partial charge is 0.244 e. The summed E-state index contributed by atoms with van der Waals surface area (Å²) in [6.45, 7) is 3.47. The van der Waals surface area contributed by atoms with Gasteiger partial charge in [0, 0.05) is 44.0 Å².